The number of nitrogens with one attached hydrogen (secondary N) is 1. The number of piperazine rings is 2. The number of thioether (sulfide) groups is 2. The number of piperidine rings is 1. The van der Waals surface area contributed by atoms with Gasteiger partial charge in [0.25, 0.3) is 0 Å². The van der Waals surface area contributed by atoms with E-state index in [1.54, 1.807) is 33.1 Å². The molecule has 1 amide bonds. The zero-order valence-electron chi connectivity index (χ0n) is 61.4. The molecule has 0 radical (unpaired) electrons. The summed E-state index contributed by atoms with van der Waals surface area (Å²) >= 11 is 3.01. The van der Waals surface area contributed by atoms with Crippen LogP contribution < -0.4 is 33.7 Å². The Labute approximate surface area is 623 Å². The van der Waals surface area contributed by atoms with E-state index in [4.69, 9.17) is 71.4 Å². The summed E-state index contributed by atoms with van der Waals surface area (Å²) in [5, 5.41) is 42.7. The first-order valence-corrected chi connectivity index (χ1v) is 37.3. The number of nitrogens with zero attached hydrogens (tertiary/aromatic N) is 6. The highest BCUT2D eigenvalue weighted by Gasteiger charge is 2.66. The van der Waals surface area contributed by atoms with E-state index in [0.717, 1.165) is 57.2 Å². The van der Waals surface area contributed by atoms with E-state index in [2.05, 4.69) is 49.2 Å². The van der Waals surface area contributed by atoms with Crippen molar-refractivity contribution in [3.05, 3.63) is 121 Å². The lowest BCUT2D eigenvalue weighted by Gasteiger charge is -2.64. The number of hydrogen-bond acceptors (Lipinski definition) is 29. The molecule has 12 aliphatic rings. The van der Waals surface area contributed by atoms with Gasteiger partial charge in [0, 0.05) is 114 Å². The van der Waals surface area contributed by atoms with Crippen LogP contribution in [0.2, 0.25) is 0 Å². The molecular formula is C76H89N7O21S2. The van der Waals surface area contributed by atoms with Crippen LogP contribution in [0.15, 0.2) is 65.1 Å². The van der Waals surface area contributed by atoms with E-state index >= 15 is 0 Å². The lowest BCUT2D eigenvalue weighted by Crippen LogP contribution is -2.75. The summed E-state index contributed by atoms with van der Waals surface area (Å²) in [5.74, 6) is 1.75. The molecule has 16 rings (SSSR count). The molecule has 0 aromatic heterocycles. The van der Waals surface area contributed by atoms with Crippen LogP contribution >= 0.6 is 23.5 Å². The number of aliphatic hydroxyl groups is 1. The number of nitriles is 2. The number of alkyl carbamates (subject to hydrolysis) is 1. The number of amides is 1. The molecular weight excluding hydrogens is 1410 g/mol. The van der Waals surface area contributed by atoms with Gasteiger partial charge in [0.1, 0.15) is 49.8 Å². The van der Waals surface area contributed by atoms with Crippen LogP contribution in [0.3, 0.4) is 0 Å². The monoisotopic (exact) mass is 1500 g/mol. The molecule has 30 heteroatoms. The Morgan fingerprint density at radius 1 is 0.698 bits per heavy atom. The minimum absolute atomic E-state index is 0.00377. The number of hydrogen-bond donors (Lipinski definition) is 3. The van der Waals surface area contributed by atoms with E-state index in [9.17, 15) is 39.6 Å². The first-order valence-electron chi connectivity index (χ1n) is 35.2. The molecule has 8 bridgehead atoms. The van der Waals surface area contributed by atoms with Crippen molar-refractivity contribution in [3.63, 3.8) is 0 Å². The van der Waals surface area contributed by atoms with Gasteiger partial charge in [0.15, 0.2) is 52.8 Å². The fourth-order valence-corrected chi connectivity index (χ4v) is 21.1. The number of carbonyl (C=O) groups excluding carboxylic acids is 5. The Morgan fingerprint density at radius 2 is 1.32 bits per heavy atom. The van der Waals surface area contributed by atoms with Crippen LogP contribution in [0.25, 0.3) is 0 Å². The standard InChI is InChI=1S/C43H48N4O12S.C32H37N3O8S.CH4O/c1-22-14-26-15-28-29(16-44)47-30-18-54-42(49)27(45-43(50)55-17-25-10-8-7-9-11-25)19-60-41(33-32(30)40-38(57-21-58-40)23(2)37(33)59-24(3)48)35(47)34(46(28)4)31(26)39(36(22)52-6)56-20-53-13-12-51-5;1-13-7-17-8-18-19(9-33)35-20-10-40-32(38)14(2)11-44-31(25(35)24(34(18)5)21(17)26(37)27(13)39-6)23-22(20)30-29(41-12-42-30)15(3)28(23)43-16(4)36;1-2/h7-11,14,27-30,34-35,41H,12-13,15,17-21H2,1-6H3,(H,45,50);7,14,18-20,23-25,28,31,37H,8,10-12H2,1-6H3;2H,1H3/t27-,28-,29?,30-,34+,35?,41+;14?,18-,19?,20-,23?,24+,25?,28?,31+;/m00./s1. The third-order valence-corrected chi connectivity index (χ3v) is 25.2. The minimum Gasteiger partial charge on any atom is -0.504 e. The minimum atomic E-state index is -1.12. The second kappa shape index (κ2) is 31.3. The van der Waals surface area contributed by atoms with E-state index < -0.39 is 77.6 Å². The summed E-state index contributed by atoms with van der Waals surface area (Å²) in [6.45, 7) is 12.6. The van der Waals surface area contributed by atoms with Gasteiger partial charge in [-0.05, 0) is 82.4 Å². The molecule has 7 unspecified atom stereocenters. The molecule has 4 aromatic carbocycles. The van der Waals surface area contributed by atoms with Gasteiger partial charge >= 0.3 is 30.0 Å². The molecule has 28 nitrogen and oxygen atoms in total. The van der Waals surface area contributed by atoms with Gasteiger partial charge in [0.05, 0.1) is 74.9 Å². The molecule has 11 heterocycles. The number of ether oxygens (including phenoxy) is 14. The summed E-state index contributed by atoms with van der Waals surface area (Å²) in [5.41, 5.74) is 9.58. The van der Waals surface area contributed by atoms with E-state index in [-0.39, 0.29) is 98.9 Å². The van der Waals surface area contributed by atoms with Crippen molar-refractivity contribution in [3.8, 4) is 52.4 Å². The predicted molar refractivity (Wildman–Crippen MR) is 382 cm³/mol. The number of aliphatic hydroxyl groups excluding tert-OH is 1. The van der Waals surface area contributed by atoms with Crippen LogP contribution in [-0.2, 0) is 76.5 Å². The maximum absolute atomic E-state index is 14.0. The number of phenols is 1. The molecule has 4 aromatic rings. The lowest BCUT2D eigenvalue weighted by atomic mass is 9.66. The van der Waals surface area contributed by atoms with Crippen molar-refractivity contribution in [2.75, 3.05) is 101 Å². The largest absolute Gasteiger partial charge is 0.504 e. The number of carbonyl (C=O) groups is 5. The smallest absolute Gasteiger partial charge is 0.408 e. The molecule has 0 saturated carbocycles. The second-order valence-corrected chi connectivity index (χ2v) is 30.3. The predicted octanol–water partition coefficient (Wildman–Crippen LogP) is 7.38. The Hall–Kier alpha value is -8.69. The van der Waals surface area contributed by atoms with Gasteiger partial charge in [-0.2, -0.15) is 22.3 Å². The number of rotatable bonds is 13. The molecule has 11 aliphatic heterocycles. The van der Waals surface area contributed by atoms with Gasteiger partial charge in [-0.3, -0.25) is 34.0 Å². The Bertz CT molecular complexity index is 4280. The maximum Gasteiger partial charge on any atom is 0.408 e. The van der Waals surface area contributed by atoms with Crippen molar-refractivity contribution in [2.45, 2.75) is 151 Å². The van der Waals surface area contributed by atoms with E-state index in [1.807, 2.05) is 79.0 Å². The van der Waals surface area contributed by atoms with Gasteiger partial charge in [-0.15, -0.1) is 11.8 Å². The number of aryl methyl sites for hydroxylation is 2. The molecule has 106 heavy (non-hydrogen) atoms. The molecule has 3 N–H and O–H groups in total. The molecule has 1 aliphatic carbocycles. The summed E-state index contributed by atoms with van der Waals surface area (Å²) in [6, 6.07) is 12.8. The van der Waals surface area contributed by atoms with E-state index in [1.165, 1.54) is 25.6 Å². The van der Waals surface area contributed by atoms with Gasteiger partial charge < -0.3 is 81.8 Å². The van der Waals surface area contributed by atoms with Crippen LogP contribution in [0.5, 0.6) is 40.2 Å². The van der Waals surface area contributed by atoms with Gasteiger partial charge in [0.2, 0.25) is 13.6 Å². The Balaban J connectivity index is 0.000000192. The maximum atomic E-state index is 14.0. The molecule has 6 saturated heterocycles. The zero-order valence-corrected chi connectivity index (χ0v) is 63.0. The number of phenolic OH excluding ortho intramolecular Hbond substituents is 1. The summed E-state index contributed by atoms with van der Waals surface area (Å²) in [7, 11) is 9.78. The number of benzene rings is 4. The highest BCUT2D eigenvalue weighted by molar-refractivity contribution is 8.00. The first kappa shape index (κ1) is 75.5. The third kappa shape index (κ3) is 13.0. The van der Waals surface area contributed by atoms with Gasteiger partial charge in [-0.25, -0.2) is 9.59 Å². The zero-order chi connectivity index (χ0) is 75.4. The third-order valence-electron chi connectivity index (χ3n) is 22.2. The normalized spacial score (nSPS) is 29.3. The topological polar surface area (TPSA) is 328 Å². The highest BCUT2D eigenvalue weighted by atomic mass is 32.2. The highest BCUT2D eigenvalue weighted by Crippen LogP contribution is 2.65. The summed E-state index contributed by atoms with van der Waals surface area (Å²) in [4.78, 5) is 74.7. The molecule has 16 atom stereocenters. The quantitative estimate of drug-likeness (QED) is 0.0386. The lowest BCUT2D eigenvalue weighted by molar-refractivity contribution is -0.155. The summed E-state index contributed by atoms with van der Waals surface area (Å²) in [6.07, 6.45) is -0.371. The number of aromatic hydroxyl groups is 1. The van der Waals surface area contributed by atoms with Crippen LogP contribution in [0.4, 0.5) is 4.79 Å². The van der Waals surface area contributed by atoms with Crippen LogP contribution in [-0.4, -0.2) is 220 Å². The number of fused-ring (bicyclic) bond motifs is 18. The Kier molecular flexibility index (Phi) is 22.3. The number of methoxy groups -OCH3 is 3. The average Bonchev–Trinajstić information content (AvgIpc) is 0.902. The van der Waals surface area contributed by atoms with Crippen molar-refractivity contribution >= 4 is 53.5 Å². The number of cyclic esters (lactones) is 1. The van der Waals surface area contributed by atoms with Crippen LogP contribution in [0.1, 0.15) is 107 Å². The number of esters is 4. The van der Waals surface area contributed by atoms with Gasteiger partial charge in [-0.1, -0.05) is 49.4 Å². The van der Waals surface area contributed by atoms with Crippen molar-refractivity contribution < 1.29 is 101 Å². The fraction of sp³-hybridized carbons (Fsp3) is 0.539. The number of likely N-dealkylation sites (N-methyl/N-ethyl adjacent to an activating group) is 2. The van der Waals surface area contributed by atoms with Crippen molar-refractivity contribution in [1.82, 2.24) is 24.9 Å². The molecule has 6 fully saturated rings. The van der Waals surface area contributed by atoms with Crippen LogP contribution in [0, 0.1) is 55.3 Å². The second-order valence-electron chi connectivity index (χ2n) is 27.9. The molecule has 0 spiro atoms. The van der Waals surface area contributed by atoms with E-state index in [0.29, 0.717) is 94.5 Å². The Morgan fingerprint density at radius 3 is 1.98 bits per heavy atom. The first-order chi connectivity index (χ1) is 51.2. The average molecular weight is 1500 g/mol. The van der Waals surface area contributed by atoms with Crippen molar-refractivity contribution in [2.24, 2.45) is 11.8 Å². The SMILES string of the molecule is CO.COCCOCOc1c(OC)c(C)cc2c1[C@@H]1C3[C@@H]4SC[C@H](NC(=O)OCc5ccccc5)C(=O)OC[C@@H](c5c6c(c(C)c(OC(C)=O)c54)OCO6)N3C(C#N)[C@H](C2)N1C.COc1c(C)cc2c(c1O)[C@@H]1C3[C@@H]4SCC(C)C(=O)OC[C@@H](C5=C6OCOC6=C(C)C(OC(C)=O)C54)N3C(C#N)[C@H](C2)N1C. The summed E-state index contributed by atoms with van der Waals surface area (Å²) < 4.78 is 83.4. The fourth-order valence-electron chi connectivity index (χ4n) is 17.9. The molecule has 566 valence electrons. The van der Waals surface area contributed by atoms with Crippen molar-refractivity contribution in [1.29, 1.82) is 10.5 Å².